The lowest BCUT2D eigenvalue weighted by Gasteiger charge is -2.27. The van der Waals surface area contributed by atoms with Crippen molar-refractivity contribution < 1.29 is 28.7 Å². The van der Waals surface area contributed by atoms with Crippen LogP contribution in [0.2, 0.25) is 0 Å². The summed E-state index contributed by atoms with van der Waals surface area (Å²) in [5.74, 6) is -2.09. The maximum absolute atomic E-state index is 12.8. The topological polar surface area (TPSA) is 122 Å². The lowest BCUT2D eigenvalue weighted by Crippen LogP contribution is -2.54. The molecule has 5 amide bonds. The van der Waals surface area contributed by atoms with E-state index in [1.54, 1.807) is 39.0 Å². The normalized spacial score (nSPS) is 18.9. The van der Waals surface area contributed by atoms with Crippen LogP contribution in [0.1, 0.15) is 66.3 Å². The van der Waals surface area contributed by atoms with Crippen molar-refractivity contribution in [2.75, 3.05) is 6.54 Å². The molecule has 1 unspecified atom stereocenters. The molecule has 1 aromatic carbocycles. The summed E-state index contributed by atoms with van der Waals surface area (Å²) in [5, 5.41) is 4.85. The molecule has 9 heteroatoms. The molecule has 160 valence electrons. The van der Waals surface area contributed by atoms with Gasteiger partial charge in [-0.05, 0) is 57.7 Å². The Morgan fingerprint density at radius 1 is 1.17 bits per heavy atom. The van der Waals surface area contributed by atoms with Crippen LogP contribution >= 0.6 is 0 Å². The van der Waals surface area contributed by atoms with E-state index in [1.807, 2.05) is 0 Å². The molecule has 1 fully saturated rings. The number of hydrogen-bond donors (Lipinski definition) is 2. The largest absolute Gasteiger partial charge is 0.444 e. The van der Waals surface area contributed by atoms with Gasteiger partial charge in [0.2, 0.25) is 11.8 Å². The Morgan fingerprint density at radius 3 is 2.53 bits per heavy atom. The number of imide groups is 2. The summed E-state index contributed by atoms with van der Waals surface area (Å²) in [7, 11) is 0. The van der Waals surface area contributed by atoms with Crippen molar-refractivity contribution in [3.8, 4) is 0 Å². The van der Waals surface area contributed by atoms with Gasteiger partial charge in [0.25, 0.3) is 11.8 Å². The monoisotopic (exact) mass is 415 g/mol. The number of benzene rings is 1. The van der Waals surface area contributed by atoms with Gasteiger partial charge in [-0.2, -0.15) is 0 Å². The molecular weight excluding hydrogens is 390 g/mol. The van der Waals surface area contributed by atoms with Gasteiger partial charge in [0, 0.05) is 13.0 Å². The average Bonchev–Trinajstić information content (AvgIpc) is 2.88. The first-order valence-electron chi connectivity index (χ1n) is 9.88. The minimum atomic E-state index is -0.975. The molecule has 0 bridgehead atoms. The van der Waals surface area contributed by atoms with Crippen LogP contribution in [0.25, 0.3) is 0 Å². The number of nitrogens with one attached hydrogen (secondary N) is 2. The highest BCUT2D eigenvalue weighted by Crippen LogP contribution is 2.28. The second-order valence-electron chi connectivity index (χ2n) is 8.36. The van der Waals surface area contributed by atoms with Gasteiger partial charge in [-0.1, -0.05) is 6.07 Å². The molecule has 2 aliphatic heterocycles. The number of fused-ring (bicyclic) bond motifs is 1. The van der Waals surface area contributed by atoms with Crippen LogP contribution in [0.4, 0.5) is 4.79 Å². The summed E-state index contributed by atoms with van der Waals surface area (Å²) >= 11 is 0. The van der Waals surface area contributed by atoms with Gasteiger partial charge in [-0.25, -0.2) is 4.79 Å². The predicted octanol–water partition coefficient (Wildman–Crippen LogP) is 1.55. The predicted molar refractivity (Wildman–Crippen MR) is 106 cm³/mol. The Morgan fingerprint density at radius 2 is 1.87 bits per heavy atom. The highest BCUT2D eigenvalue weighted by atomic mass is 16.6. The third-order valence-electron chi connectivity index (χ3n) is 4.81. The Labute approximate surface area is 174 Å². The van der Waals surface area contributed by atoms with E-state index in [9.17, 15) is 24.0 Å². The summed E-state index contributed by atoms with van der Waals surface area (Å²) in [5.41, 5.74) is 0.777. The lowest BCUT2D eigenvalue weighted by molar-refractivity contribution is -0.136. The molecule has 3 rings (SSSR count). The lowest BCUT2D eigenvalue weighted by atomic mass is 10.0. The fourth-order valence-corrected chi connectivity index (χ4v) is 3.47. The second kappa shape index (κ2) is 8.25. The van der Waals surface area contributed by atoms with Crippen molar-refractivity contribution in [3.05, 3.63) is 34.9 Å². The summed E-state index contributed by atoms with van der Waals surface area (Å²) < 4.78 is 5.17. The highest BCUT2D eigenvalue weighted by molar-refractivity contribution is 6.23. The van der Waals surface area contributed by atoms with E-state index in [-0.39, 0.29) is 24.0 Å². The van der Waals surface area contributed by atoms with Crippen molar-refractivity contribution in [2.24, 2.45) is 0 Å². The van der Waals surface area contributed by atoms with Crippen molar-refractivity contribution >= 4 is 29.7 Å². The average molecular weight is 415 g/mol. The molecule has 2 aliphatic rings. The molecule has 0 aliphatic carbocycles. The van der Waals surface area contributed by atoms with E-state index in [0.29, 0.717) is 19.4 Å². The van der Waals surface area contributed by atoms with Crippen LogP contribution in [0, 0.1) is 0 Å². The number of rotatable bonds is 5. The van der Waals surface area contributed by atoms with Crippen LogP contribution < -0.4 is 10.6 Å². The molecule has 2 N–H and O–H groups in total. The third kappa shape index (κ3) is 4.67. The summed E-state index contributed by atoms with van der Waals surface area (Å²) in [6.45, 7) is 5.76. The molecule has 30 heavy (non-hydrogen) atoms. The number of hydrogen-bond acceptors (Lipinski definition) is 6. The number of piperidine rings is 1. The zero-order valence-corrected chi connectivity index (χ0v) is 17.2. The minimum absolute atomic E-state index is 0.0830. The van der Waals surface area contributed by atoms with Gasteiger partial charge < -0.3 is 10.1 Å². The molecule has 1 saturated heterocycles. The van der Waals surface area contributed by atoms with E-state index < -0.39 is 41.4 Å². The minimum Gasteiger partial charge on any atom is -0.444 e. The molecule has 0 aromatic heterocycles. The molecule has 0 saturated carbocycles. The van der Waals surface area contributed by atoms with Crippen molar-refractivity contribution in [3.63, 3.8) is 0 Å². The first-order chi connectivity index (χ1) is 14.1. The van der Waals surface area contributed by atoms with Crippen LogP contribution in [-0.4, -0.2) is 52.8 Å². The zero-order valence-electron chi connectivity index (χ0n) is 17.2. The molecule has 0 spiro atoms. The number of carbonyl (C=O) groups is 5. The molecule has 1 aromatic rings. The smallest absolute Gasteiger partial charge is 0.407 e. The number of ether oxygens (including phenoxy) is 1. The Bertz CT molecular complexity index is 918. The maximum atomic E-state index is 12.8. The van der Waals surface area contributed by atoms with Crippen LogP contribution in [-0.2, 0) is 20.7 Å². The van der Waals surface area contributed by atoms with E-state index >= 15 is 0 Å². The first kappa shape index (κ1) is 21.5. The SMILES string of the molecule is CC(C)(C)OC(=O)NCCCc1ccc2c(c1)C(=O)N(C1CCC(=O)NC1=O)C2=O. The third-order valence-corrected chi connectivity index (χ3v) is 4.81. The zero-order chi connectivity index (χ0) is 22.1. The van der Waals surface area contributed by atoms with E-state index in [1.165, 1.54) is 0 Å². The van der Waals surface area contributed by atoms with E-state index in [0.717, 1.165) is 10.5 Å². The first-order valence-corrected chi connectivity index (χ1v) is 9.88. The van der Waals surface area contributed by atoms with E-state index in [2.05, 4.69) is 10.6 Å². The maximum Gasteiger partial charge on any atom is 0.407 e. The van der Waals surface area contributed by atoms with Gasteiger partial charge in [0.05, 0.1) is 11.1 Å². The molecular formula is C21H25N3O6. The van der Waals surface area contributed by atoms with E-state index in [4.69, 9.17) is 4.74 Å². The standard InChI is InChI=1S/C21H25N3O6/c1-21(2,3)30-20(29)22-10-4-5-12-6-7-13-14(11-12)19(28)24(18(13)27)15-8-9-16(25)23-17(15)26/h6-7,11,15H,4-5,8-10H2,1-3H3,(H,22,29)(H,23,25,26). The molecule has 2 heterocycles. The fraction of sp³-hybridized carbons (Fsp3) is 0.476. The van der Waals surface area contributed by atoms with Crippen molar-refractivity contribution in [1.29, 1.82) is 0 Å². The Hall–Kier alpha value is -3.23. The quantitative estimate of drug-likeness (QED) is 0.556. The molecule has 1 atom stereocenters. The van der Waals surface area contributed by atoms with Crippen LogP contribution in [0.5, 0.6) is 0 Å². The Balaban J connectivity index is 1.61. The molecule has 9 nitrogen and oxygen atoms in total. The van der Waals surface area contributed by atoms with Gasteiger partial charge in [0.15, 0.2) is 0 Å². The van der Waals surface area contributed by atoms with Crippen molar-refractivity contribution in [2.45, 2.75) is 58.1 Å². The fourth-order valence-electron chi connectivity index (χ4n) is 3.47. The highest BCUT2D eigenvalue weighted by Gasteiger charge is 2.44. The van der Waals surface area contributed by atoms with Crippen LogP contribution in [0.3, 0.4) is 0 Å². The van der Waals surface area contributed by atoms with Gasteiger partial charge in [0.1, 0.15) is 11.6 Å². The van der Waals surface area contributed by atoms with Gasteiger partial charge in [-0.15, -0.1) is 0 Å². The van der Waals surface area contributed by atoms with Crippen LogP contribution in [0.15, 0.2) is 18.2 Å². The van der Waals surface area contributed by atoms with Crippen molar-refractivity contribution in [1.82, 2.24) is 15.5 Å². The number of carbonyl (C=O) groups excluding carboxylic acids is 5. The number of nitrogens with zero attached hydrogens (tertiary/aromatic N) is 1. The van der Waals surface area contributed by atoms with Gasteiger partial charge in [-0.3, -0.25) is 29.4 Å². The second-order valence-corrected chi connectivity index (χ2v) is 8.36. The summed E-state index contributed by atoms with van der Waals surface area (Å²) in [6.07, 6.45) is 0.927. The summed E-state index contributed by atoms with van der Waals surface area (Å²) in [6, 6.07) is 4.01. The number of alkyl carbamates (subject to hydrolysis) is 1. The summed E-state index contributed by atoms with van der Waals surface area (Å²) in [4.78, 5) is 61.5. The van der Waals surface area contributed by atoms with Gasteiger partial charge >= 0.3 is 6.09 Å². The Kier molecular flexibility index (Phi) is 5.91. The number of amides is 5. The molecule has 0 radical (unpaired) electrons. The number of aryl methyl sites for hydroxylation is 1.